The fourth-order valence-corrected chi connectivity index (χ4v) is 2.16. The van der Waals surface area contributed by atoms with Gasteiger partial charge >= 0.3 is 0 Å². The Balaban J connectivity index is 1.93. The Morgan fingerprint density at radius 3 is 2.33 bits per heavy atom. The Morgan fingerprint density at radius 2 is 1.67 bits per heavy atom. The van der Waals surface area contributed by atoms with Crippen molar-refractivity contribution in [2.45, 2.75) is 33.0 Å². The van der Waals surface area contributed by atoms with Crippen LogP contribution < -0.4 is 10.1 Å². The highest BCUT2D eigenvalue weighted by Crippen LogP contribution is 2.28. The molecule has 0 fully saturated rings. The zero-order chi connectivity index (χ0) is 15.2. The molecule has 0 unspecified atom stereocenters. The summed E-state index contributed by atoms with van der Waals surface area (Å²) in [6, 6.07) is 14.0. The molecule has 0 amide bonds. The van der Waals surface area contributed by atoms with Gasteiger partial charge in [0.25, 0.3) is 0 Å². The summed E-state index contributed by atoms with van der Waals surface area (Å²) in [5.74, 6) is 0.606. The average Bonchev–Trinajstić information content (AvgIpc) is 2.47. The molecule has 0 bridgehead atoms. The normalized spacial score (nSPS) is 10.9. The van der Waals surface area contributed by atoms with Gasteiger partial charge in [0, 0.05) is 23.7 Å². The van der Waals surface area contributed by atoms with Gasteiger partial charge in [0.05, 0.1) is 5.02 Å². The molecule has 0 saturated heterocycles. The highest BCUT2D eigenvalue weighted by Gasteiger charge is 2.03. The molecular formula is C17H19Cl2NO. The van der Waals surface area contributed by atoms with Crippen molar-refractivity contribution in [1.82, 2.24) is 5.32 Å². The van der Waals surface area contributed by atoms with Crippen LogP contribution in [0.4, 0.5) is 0 Å². The summed E-state index contributed by atoms with van der Waals surface area (Å²) in [6.07, 6.45) is 0. The SMILES string of the molecule is CC(C)NCc1ccc(COc2cc(Cl)ccc2Cl)cc1. The van der Waals surface area contributed by atoms with E-state index in [0.717, 1.165) is 12.1 Å². The molecule has 1 N–H and O–H groups in total. The van der Waals surface area contributed by atoms with Crippen LogP contribution in [0, 0.1) is 0 Å². The van der Waals surface area contributed by atoms with Crippen LogP contribution >= 0.6 is 23.2 Å². The summed E-state index contributed by atoms with van der Waals surface area (Å²) >= 11 is 12.0. The molecular weight excluding hydrogens is 305 g/mol. The minimum absolute atomic E-state index is 0.470. The second-order valence-electron chi connectivity index (χ2n) is 5.22. The zero-order valence-corrected chi connectivity index (χ0v) is 13.7. The monoisotopic (exact) mass is 323 g/mol. The lowest BCUT2D eigenvalue weighted by molar-refractivity contribution is 0.306. The molecule has 0 spiro atoms. The van der Waals surface area contributed by atoms with Crippen LogP contribution in [0.5, 0.6) is 5.75 Å². The predicted octanol–water partition coefficient (Wildman–Crippen LogP) is 5.07. The predicted molar refractivity (Wildman–Crippen MR) is 89.2 cm³/mol. The third-order valence-corrected chi connectivity index (χ3v) is 3.57. The van der Waals surface area contributed by atoms with Crippen LogP contribution in [0.1, 0.15) is 25.0 Å². The van der Waals surface area contributed by atoms with Gasteiger partial charge in [-0.05, 0) is 23.3 Å². The maximum atomic E-state index is 6.07. The van der Waals surface area contributed by atoms with Gasteiger partial charge in [-0.3, -0.25) is 0 Å². The van der Waals surface area contributed by atoms with Crippen LogP contribution in [-0.4, -0.2) is 6.04 Å². The maximum absolute atomic E-state index is 6.07. The third kappa shape index (κ3) is 5.24. The highest BCUT2D eigenvalue weighted by atomic mass is 35.5. The van der Waals surface area contributed by atoms with Crippen LogP contribution in [0.2, 0.25) is 10.0 Å². The van der Waals surface area contributed by atoms with E-state index in [-0.39, 0.29) is 0 Å². The van der Waals surface area contributed by atoms with Crippen LogP contribution in [-0.2, 0) is 13.2 Å². The van der Waals surface area contributed by atoms with Crippen molar-refractivity contribution < 1.29 is 4.74 Å². The number of benzene rings is 2. The van der Waals surface area contributed by atoms with E-state index in [1.165, 1.54) is 5.56 Å². The van der Waals surface area contributed by atoms with E-state index >= 15 is 0 Å². The van der Waals surface area contributed by atoms with Crippen LogP contribution in [0.25, 0.3) is 0 Å². The molecule has 4 heteroatoms. The third-order valence-electron chi connectivity index (χ3n) is 3.02. The lowest BCUT2D eigenvalue weighted by Gasteiger charge is -2.10. The second kappa shape index (κ2) is 7.69. The minimum atomic E-state index is 0.470. The van der Waals surface area contributed by atoms with E-state index in [2.05, 4.69) is 43.4 Å². The van der Waals surface area contributed by atoms with E-state index in [1.54, 1.807) is 18.2 Å². The fraction of sp³-hybridized carbons (Fsp3) is 0.294. The van der Waals surface area contributed by atoms with Crippen molar-refractivity contribution in [3.8, 4) is 5.75 Å². The summed E-state index contributed by atoms with van der Waals surface area (Å²) in [7, 11) is 0. The molecule has 0 atom stereocenters. The summed E-state index contributed by atoms with van der Waals surface area (Å²) < 4.78 is 5.71. The topological polar surface area (TPSA) is 21.3 Å². The first-order valence-electron chi connectivity index (χ1n) is 6.93. The Kier molecular flexibility index (Phi) is 5.92. The summed E-state index contributed by atoms with van der Waals surface area (Å²) in [5, 5.41) is 4.57. The molecule has 112 valence electrons. The number of ether oxygens (including phenoxy) is 1. The molecule has 0 aromatic heterocycles. The number of nitrogens with one attached hydrogen (secondary N) is 1. The molecule has 2 rings (SSSR count). The van der Waals surface area contributed by atoms with E-state index in [9.17, 15) is 0 Å². The molecule has 21 heavy (non-hydrogen) atoms. The molecule has 0 heterocycles. The molecule has 0 radical (unpaired) electrons. The average molecular weight is 324 g/mol. The minimum Gasteiger partial charge on any atom is -0.487 e. The Hall–Kier alpha value is -1.22. The van der Waals surface area contributed by atoms with Gasteiger partial charge in [0.2, 0.25) is 0 Å². The van der Waals surface area contributed by atoms with Gasteiger partial charge < -0.3 is 10.1 Å². The number of rotatable bonds is 6. The number of hydrogen-bond donors (Lipinski definition) is 1. The molecule has 2 nitrogen and oxygen atoms in total. The Morgan fingerprint density at radius 1 is 1.00 bits per heavy atom. The summed E-state index contributed by atoms with van der Waals surface area (Å²) in [5.41, 5.74) is 2.35. The lowest BCUT2D eigenvalue weighted by atomic mass is 10.1. The quantitative estimate of drug-likeness (QED) is 0.801. The lowest BCUT2D eigenvalue weighted by Crippen LogP contribution is -2.21. The summed E-state index contributed by atoms with van der Waals surface area (Å²) in [4.78, 5) is 0. The molecule has 0 saturated carbocycles. The van der Waals surface area contributed by atoms with E-state index in [0.29, 0.717) is 28.4 Å². The first-order chi connectivity index (χ1) is 10.0. The van der Waals surface area contributed by atoms with Crippen LogP contribution in [0.3, 0.4) is 0 Å². The molecule has 0 aliphatic heterocycles. The van der Waals surface area contributed by atoms with Gasteiger partial charge in [-0.25, -0.2) is 0 Å². The second-order valence-corrected chi connectivity index (χ2v) is 6.06. The number of hydrogen-bond acceptors (Lipinski definition) is 2. The van der Waals surface area contributed by atoms with E-state index in [1.807, 2.05) is 0 Å². The number of halogens is 2. The largest absolute Gasteiger partial charge is 0.487 e. The molecule has 2 aromatic rings. The highest BCUT2D eigenvalue weighted by molar-refractivity contribution is 6.34. The molecule has 0 aliphatic carbocycles. The first-order valence-corrected chi connectivity index (χ1v) is 7.69. The van der Waals surface area contributed by atoms with Gasteiger partial charge in [-0.1, -0.05) is 61.3 Å². The van der Waals surface area contributed by atoms with E-state index in [4.69, 9.17) is 27.9 Å². The van der Waals surface area contributed by atoms with Gasteiger partial charge in [-0.2, -0.15) is 0 Å². The maximum Gasteiger partial charge on any atom is 0.139 e. The van der Waals surface area contributed by atoms with Gasteiger partial charge in [0.15, 0.2) is 0 Å². The van der Waals surface area contributed by atoms with Crippen molar-refractivity contribution in [3.05, 3.63) is 63.6 Å². The zero-order valence-electron chi connectivity index (χ0n) is 12.2. The Labute approximate surface area is 136 Å². The van der Waals surface area contributed by atoms with E-state index < -0.39 is 0 Å². The van der Waals surface area contributed by atoms with Gasteiger partial charge in [0.1, 0.15) is 12.4 Å². The fourth-order valence-electron chi connectivity index (χ4n) is 1.82. The standard InChI is InChI=1S/C17H19Cl2NO/c1-12(2)20-10-13-3-5-14(6-4-13)11-21-17-9-15(18)7-8-16(17)19/h3-9,12,20H,10-11H2,1-2H3. The molecule has 2 aromatic carbocycles. The van der Waals surface area contributed by atoms with Crippen LogP contribution in [0.15, 0.2) is 42.5 Å². The first kappa shape index (κ1) is 16.2. The van der Waals surface area contributed by atoms with Crippen molar-refractivity contribution in [2.75, 3.05) is 0 Å². The Bertz CT molecular complexity index is 582. The summed E-state index contributed by atoms with van der Waals surface area (Å²) in [6.45, 7) is 5.62. The smallest absolute Gasteiger partial charge is 0.139 e. The van der Waals surface area contributed by atoms with Crippen molar-refractivity contribution >= 4 is 23.2 Å². The van der Waals surface area contributed by atoms with Crippen molar-refractivity contribution in [2.24, 2.45) is 0 Å². The van der Waals surface area contributed by atoms with Crippen molar-refractivity contribution in [3.63, 3.8) is 0 Å². The van der Waals surface area contributed by atoms with Gasteiger partial charge in [-0.15, -0.1) is 0 Å². The van der Waals surface area contributed by atoms with Crippen molar-refractivity contribution in [1.29, 1.82) is 0 Å². The molecule has 0 aliphatic rings.